The van der Waals surface area contributed by atoms with Crippen molar-refractivity contribution in [3.8, 4) is 0 Å². The molecule has 1 aromatic heterocycles. The first-order chi connectivity index (χ1) is 10.8. The Morgan fingerprint density at radius 1 is 1.17 bits per heavy atom. The van der Waals surface area contributed by atoms with Crippen LogP contribution in [0.5, 0.6) is 0 Å². The highest BCUT2D eigenvalue weighted by molar-refractivity contribution is 6.28. The highest BCUT2D eigenvalue weighted by Gasteiger charge is 2.27. The minimum atomic E-state index is -4.37. The normalized spacial score (nSPS) is 11.5. The van der Waals surface area contributed by atoms with Gasteiger partial charge in [0.1, 0.15) is 12.4 Å². The van der Waals surface area contributed by atoms with Crippen LogP contribution in [0.1, 0.15) is 11.3 Å². The summed E-state index contributed by atoms with van der Waals surface area (Å²) in [6.45, 7) is -1.03. The highest BCUT2D eigenvalue weighted by atomic mass is 35.5. The number of hydrogen-bond donors (Lipinski definition) is 0. The van der Waals surface area contributed by atoms with Crippen molar-refractivity contribution in [3.05, 3.63) is 52.9 Å². The molecule has 8 heteroatoms. The molecular weight excluding hydrogens is 331 g/mol. The lowest BCUT2D eigenvalue weighted by Gasteiger charge is -2.19. The van der Waals surface area contributed by atoms with Gasteiger partial charge < -0.3 is 9.64 Å². The van der Waals surface area contributed by atoms with Crippen LogP contribution in [0.4, 0.5) is 19.0 Å². The zero-order valence-electron chi connectivity index (χ0n) is 12.3. The van der Waals surface area contributed by atoms with E-state index >= 15 is 0 Å². The van der Waals surface area contributed by atoms with Crippen molar-refractivity contribution in [1.82, 2.24) is 9.97 Å². The summed E-state index contributed by atoms with van der Waals surface area (Å²) in [5.74, 6) is 0.513. The Kier molecular flexibility index (Phi) is 5.79. The lowest BCUT2D eigenvalue weighted by Crippen LogP contribution is -2.19. The van der Waals surface area contributed by atoms with Crippen molar-refractivity contribution in [3.63, 3.8) is 0 Å². The number of nitrogens with zero attached hydrogens (tertiary/aromatic N) is 3. The van der Waals surface area contributed by atoms with Crippen LogP contribution in [0.25, 0.3) is 0 Å². The van der Waals surface area contributed by atoms with Crippen LogP contribution in [0.2, 0.25) is 5.28 Å². The van der Waals surface area contributed by atoms with Gasteiger partial charge >= 0.3 is 6.18 Å². The third kappa shape index (κ3) is 6.03. The molecule has 0 bridgehead atoms. The van der Waals surface area contributed by atoms with Crippen LogP contribution in [-0.2, 0) is 17.9 Å². The fraction of sp³-hybridized carbons (Fsp3) is 0.333. The number of benzene rings is 1. The Labute approximate surface area is 136 Å². The Morgan fingerprint density at radius 2 is 1.87 bits per heavy atom. The van der Waals surface area contributed by atoms with E-state index in [9.17, 15) is 13.2 Å². The molecule has 0 unspecified atom stereocenters. The standard InChI is InChI=1S/C15H15ClF3N3O/c1-22(8-11-5-3-2-4-6-11)13-7-12(20-14(16)21-13)9-23-10-15(17,18)19/h2-7H,8-10H2,1H3. The van der Waals surface area contributed by atoms with Gasteiger partial charge in [-0.25, -0.2) is 9.97 Å². The maximum Gasteiger partial charge on any atom is 0.411 e. The molecule has 0 N–H and O–H groups in total. The van der Waals surface area contributed by atoms with E-state index in [0.29, 0.717) is 18.1 Å². The molecule has 0 spiro atoms. The second kappa shape index (κ2) is 7.61. The number of ether oxygens (including phenoxy) is 1. The van der Waals surface area contributed by atoms with Crippen LogP contribution < -0.4 is 4.90 Å². The molecule has 0 saturated carbocycles. The molecule has 0 aliphatic rings. The lowest BCUT2D eigenvalue weighted by molar-refractivity contribution is -0.176. The Hall–Kier alpha value is -1.86. The molecule has 1 aromatic carbocycles. The average Bonchev–Trinajstić information content (AvgIpc) is 2.46. The summed E-state index contributed by atoms with van der Waals surface area (Å²) in [6.07, 6.45) is -4.37. The topological polar surface area (TPSA) is 38.2 Å². The third-order valence-electron chi connectivity index (χ3n) is 2.91. The molecular formula is C15H15ClF3N3O. The SMILES string of the molecule is CN(Cc1ccccc1)c1cc(COCC(F)(F)F)nc(Cl)n1. The first-order valence-corrected chi connectivity index (χ1v) is 7.14. The van der Waals surface area contributed by atoms with Crippen molar-refractivity contribution in [2.24, 2.45) is 0 Å². The maximum atomic E-state index is 12.1. The summed E-state index contributed by atoms with van der Waals surface area (Å²) >= 11 is 5.84. The largest absolute Gasteiger partial charge is 0.411 e. The average molecular weight is 346 g/mol. The van der Waals surface area contributed by atoms with Gasteiger partial charge in [0, 0.05) is 19.7 Å². The van der Waals surface area contributed by atoms with Gasteiger partial charge in [0.15, 0.2) is 0 Å². The van der Waals surface area contributed by atoms with Gasteiger partial charge in [-0.1, -0.05) is 30.3 Å². The molecule has 0 saturated heterocycles. The van der Waals surface area contributed by atoms with E-state index in [1.165, 1.54) is 0 Å². The predicted octanol–water partition coefficient (Wildman–Crippen LogP) is 3.85. The number of aromatic nitrogens is 2. The molecule has 0 radical (unpaired) electrons. The van der Waals surface area contributed by atoms with E-state index in [2.05, 4.69) is 14.7 Å². The fourth-order valence-electron chi connectivity index (χ4n) is 1.93. The summed E-state index contributed by atoms with van der Waals surface area (Å²) in [5.41, 5.74) is 1.36. The molecule has 0 amide bonds. The molecule has 23 heavy (non-hydrogen) atoms. The molecule has 0 aliphatic heterocycles. The van der Waals surface area contributed by atoms with E-state index in [1.807, 2.05) is 42.3 Å². The van der Waals surface area contributed by atoms with Crippen LogP contribution in [0.15, 0.2) is 36.4 Å². The predicted molar refractivity (Wildman–Crippen MR) is 81.3 cm³/mol. The third-order valence-corrected chi connectivity index (χ3v) is 3.08. The summed E-state index contributed by atoms with van der Waals surface area (Å²) in [6, 6.07) is 11.3. The smallest absolute Gasteiger partial charge is 0.366 e. The number of alkyl halides is 3. The summed E-state index contributed by atoms with van der Waals surface area (Å²) in [5, 5.41) is -0.0342. The minimum Gasteiger partial charge on any atom is -0.366 e. The van der Waals surface area contributed by atoms with E-state index in [1.54, 1.807) is 6.07 Å². The van der Waals surface area contributed by atoms with Gasteiger partial charge in [-0.3, -0.25) is 0 Å². The van der Waals surface area contributed by atoms with E-state index in [0.717, 1.165) is 5.56 Å². The van der Waals surface area contributed by atoms with Crippen LogP contribution in [0.3, 0.4) is 0 Å². The fourth-order valence-corrected chi connectivity index (χ4v) is 2.13. The maximum absolute atomic E-state index is 12.1. The van der Waals surface area contributed by atoms with Gasteiger partial charge in [0.25, 0.3) is 0 Å². The second-order valence-electron chi connectivity index (χ2n) is 4.94. The second-order valence-corrected chi connectivity index (χ2v) is 5.27. The zero-order valence-corrected chi connectivity index (χ0v) is 13.1. The number of hydrogen-bond acceptors (Lipinski definition) is 4. The van der Waals surface area contributed by atoms with Crippen LogP contribution >= 0.6 is 11.6 Å². The molecule has 2 aromatic rings. The minimum absolute atomic E-state index is 0.0342. The molecule has 124 valence electrons. The van der Waals surface area contributed by atoms with Gasteiger partial charge in [0.05, 0.1) is 12.3 Å². The molecule has 4 nitrogen and oxygen atoms in total. The number of rotatable bonds is 6. The Morgan fingerprint density at radius 3 is 2.52 bits per heavy atom. The summed E-state index contributed by atoms with van der Waals surface area (Å²) in [7, 11) is 1.81. The van der Waals surface area contributed by atoms with E-state index < -0.39 is 12.8 Å². The zero-order chi connectivity index (χ0) is 16.9. The van der Waals surface area contributed by atoms with Crippen LogP contribution in [0, 0.1) is 0 Å². The summed E-state index contributed by atoms with van der Waals surface area (Å²) < 4.78 is 40.9. The summed E-state index contributed by atoms with van der Waals surface area (Å²) in [4.78, 5) is 9.80. The van der Waals surface area contributed by atoms with Gasteiger partial charge in [-0.2, -0.15) is 13.2 Å². The molecule has 1 heterocycles. The number of anilines is 1. The van der Waals surface area contributed by atoms with Crippen LogP contribution in [-0.4, -0.2) is 29.8 Å². The van der Waals surface area contributed by atoms with Gasteiger partial charge in [-0.15, -0.1) is 0 Å². The van der Waals surface area contributed by atoms with Crippen molar-refractivity contribution in [2.45, 2.75) is 19.3 Å². The van der Waals surface area contributed by atoms with Crippen molar-refractivity contribution >= 4 is 17.4 Å². The Bertz CT molecular complexity index is 638. The monoisotopic (exact) mass is 345 g/mol. The van der Waals surface area contributed by atoms with Crippen molar-refractivity contribution in [2.75, 3.05) is 18.6 Å². The first-order valence-electron chi connectivity index (χ1n) is 6.76. The molecule has 0 atom stereocenters. The quantitative estimate of drug-likeness (QED) is 0.745. The number of halogens is 4. The molecule has 0 fully saturated rings. The van der Waals surface area contributed by atoms with Crippen molar-refractivity contribution < 1.29 is 17.9 Å². The lowest BCUT2D eigenvalue weighted by atomic mass is 10.2. The molecule has 2 rings (SSSR count). The first kappa shape index (κ1) is 17.5. The molecule has 0 aliphatic carbocycles. The van der Waals surface area contributed by atoms with Crippen molar-refractivity contribution in [1.29, 1.82) is 0 Å². The van der Waals surface area contributed by atoms with Gasteiger partial charge in [0.2, 0.25) is 5.28 Å². The van der Waals surface area contributed by atoms with E-state index in [-0.39, 0.29) is 11.9 Å². The van der Waals surface area contributed by atoms with Gasteiger partial charge in [-0.05, 0) is 17.2 Å². The Balaban J connectivity index is 2.04. The highest BCUT2D eigenvalue weighted by Crippen LogP contribution is 2.19. The van der Waals surface area contributed by atoms with E-state index in [4.69, 9.17) is 11.6 Å².